The largest absolute Gasteiger partial charge is 0.340 e. The molecule has 0 unspecified atom stereocenters. The number of halogens is 1. The molecule has 7 nitrogen and oxygen atoms in total. The molecule has 0 aliphatic carbocycles. The summed E-state index contributed by atoms with van der Waals surface area (Å²) in [5.74, 6) is 0. The van der Waals surface area contributed by atoms with Crippen LogP contribution in [0.1, 0.15) is 0 Å². The minimum absolute atomic E-state index is 0.0463. The van der Waals surface area contributed by atoms with E-state index >= 15 is 0 Å². The second-order valence-corrected chi connectivity index (χ2v) is 4.37. The van der Waals surface area contributed by atoms with Gasteiger partial charge < -0.3 is 5.32 Å². The fourth-order valence-corrected chi connectivity index (χ4v) is 1.65. The Morgan fingerprint density at radius 3 is 2.37 bits per heavy atom. The molecule has 1 N–H and O–H groups in total. The average Bonchev–Trinajstić information content (AvgIpc) is 2.40. The number of nitro benzene ring substituents is 1. The molecule has 0 radical (unpaired) electrons. The van der Waals surface area contributed by atoms with E-state index in [9.17, 15) is 10.1 Å². The summed E-state index contributed by atoms with van der Waals surface area (Å²) < 4.78 is 0.651. The first-order valence-electron chi connectivity index (χ1n) is 4.69. The Morgan fingerprint density at radius 2 is 1.89 bits per heavy atom. The molecule has 1 rings (SSSR count). The lowest BCUT2D eigenvalue weighted by Gasteiger charge is -2.05. The van der Waals surface area contributed by atoms with Crippen LogP contribution >= 0.6 is 22.6 Å². The van der Waals surface area contributed by atoms with Gasteiger partial charge in [-0.25, -0.2) is 0 Å². The molecule has 92 valence electrons. The second kappa shape index (κ2) is 6.34. The molecule has 0 bridgehead atoms. The molecule has 0 spiro atoms. The van der Waals surface area contributed by atoms with Crippen molar-refractivity contribution >= 4 is 34.0 Å². The molecule has 0 aliphatic rings. The molecule has 0 saturated heterocycles. The molecule has 0 heterocycles. The molecule has 0 fully saturated rings. The number of nitriles is 3. The Balaban J connectivity index is 3.32. The summed E-state index contributed by atoms with van der Waals surface area (Å²) in [5.41, 5.74) is -0.954. The zero-order valence-electron chi connectivity index (χ0n) is 9.22. The standard InChI is InChI=1S/C11H4IN5O2/c12-8-1-2-9(11(3-8)17(18)19)16-10(6-15)7(4-13)5-14/h1-3,16H. The molecule has 0 aromatic heterocycles. The molecular weight excluding hydrogens is 361 g/mol. The average molecular weight is 365 g/mol. The van der Waals surface area contributed by atoms with E-state index in [-0.39, 0.29) is 17.1 Å². The number of nitro groups is 1. The van der Waals surface area contributed by atoms with Gasteiger partial charge in [0.25, 0.3) is 5.69 Å². The van der Waals surface area contributed by atoms with Crippen LogP contribution in [0.4, 0.5) is 11.4 Å². The first kappa shape index (κ1) is 14.4. The predicted molar refractivity (Wildman–Crippen MR) is 73.3 cm³/mol. The van der Waals surface area contributed by atoms with E-state index in [4.69, 9.17) is 15.8 Å². The van der Waals surface area contributed by atoms with Crippen molar-refractivity contribution < 1.29 is 4.92 Å². The van der Waals surface area contributed by atoms with Crippen molar-refractivity contribution in [1.29, 1.82) is 15.8 Å². The number of hydrogen-bond acceptors (Lipinski definition) is 6. The Kier molecular flexibility index (Phi) is 4.81. The summed E-state index contributed by atoms with van der Waals surface area (Å²) >= 11 is 1.91. The topological polar surface area (TPSA) is 127 Å². The highest BCUT2D eigenvalue weighted by molar-refractivity contribution is 14.1. The van der Waals surface area contributed by atoms with Gasteiger partial charge in [-0.3, -0.25) is 10.1 Å². The van der Waals surface area contributed by atoms with Crippen LogP contribution in [0.15, 0.2) is 29.5 Å². The van der Waals surface area contributed by atoms with E-state index in [0.29, 0.717) is 3.57 Å². The fraction of sp³-hybridized carbons (Fsp3) is 0. The minimum Gasteiger partial charge on any atom is -0.340 e. The smallest absolute Gasteiger partial charge is 0.293 e. The molecule has 0 atom stereocenters. The molecule has 0 aliphatic heterocycles. The molecule has 1 aromatic carbocycles. The molecule has 0 saturated carbocycles. The van der Waals surface area contributed by atoms with E-state index in [1.165, 1.54) is 12.1 Å². The lowest BCUT2D eigenvalue weighted by atomic mass is 10.2. The lowest BCUT2D eigenvalue weighted by Crippen LogP contribution is -2.03. The van der Waals surface area contributed by atoms with Crippen molar-refractivity contribution in [2.24, 2.45) is 0 Å². The maximum absolute atomic E-state index is 10.9. The van der Waals surface area contributed by atoms with Gasteiger partial charge >= 0.3 is 0 Å². The third-order valence-corrected chi connectivity index (χ3v) is 2.67. The Labute approximate surface area is 121 Å². The van der Waals surface area contributed by atoms with Crippen LogP contribution in [0, 0.1) is 47.7 Å². The number of rotatable bonds is 3. The Morgan fingerprint density at radius 1 is 1.26 bits per heavy atom. The van der Waals surface area contributed by atoms with Gasteiger partial charge in [0, 0.05) is 9.64 Å². The molecule has 19 heavy (non-hydrogen) atoms. The first-order valence-corrected chi connectivity index (χ1v) is 5.77. The van der Waals surface area contributed by atoms with E-state index in [1.54, 1.807) is 24.3 Å². The number of hydrogen-bond donors (Lipinski definition) is 1. The Hall–Kier alpha value is -2.64. The number of nitrogens with zero attached hydrogens (tertiary/aromatic N) is 4. The quantitative estimate of drug-likeness (QED) is 0.379. The summed E-state index contributed by atoms with van der Waals surface area (Å²) in [6.45, 7) is 0. The van der Waals surface area contributed by atoms with Crippen molar-refractivity contribution in [3.8, 4) is 18.2 Å². The van der Waals surface area contributed by atoms with Crippen molar-refractivity contribution in [3.05, 3.63) is 43.2 Å². The van der Waals surface area contributed by atoms with Gasteiger partial charge in [-0.05, 0) is 34.7 Å². The van der Waals surface area contributed by atoms with Crippen molar-refractivity contribution in [3.63, 3.8) is 0 Å². The van der Waals surface area contributed by atoms with Crippen LogP contribution in [-0.4, -0.2) is 4.92 Å². The van der Waals surface area contributed by atoms with Gasteiger partial charge in [-0.1, -0.05) is 0 Å². The van der Waals surface area contributed by atoms with Crippen LogP contribution in [0.3, 0.4) is 0 Å². The fourth-order valence-electron chi connectivity index (χ4n) is 1.18. The Bertz CT molecular complexity index is 675. The van der Waals surface area contributed by atoms with E-state index in [1.807, 2.05) is 22.6 Å². The molecule has 1 aromatic rings. The van der Waals surface area contributed by atoms with Gasteiger partial charge in [0.05, 0.1) is 4.92 Å². The van der Waals surface area contributed by atoms with Crippen molar-refractivity contribution in [2.45, 2.75) is 0 Å². The number of allylic oxidation sites excluding steroid dienone is 2. The SMILES string of the molecule is N#CC(C#N)=C(C#N)Nc1ccc(I)cc1[N+](=O)[O-]. The van der Waals surface area contributed by atoms with Gasteiger partial charge in [-0.2, -0.15) is 15.8 Å². The highest BCUT2D eigenvalue weighted by Gasteiger charge is 2.16. The van der Waals surface area contributed by atoms with Crippen molar-refractivity contribution in [2.75, 3.05) is 5.32 Å². The van der Waals surface area contributed by atoms with Gasteiger partial charge in [0.1, 0.15) is 29.6 Å². The maximum atomic E-state index is 10.9. The van der Waals surface area contributed by atoms with Gasteiger partial charge in [-0.15, -0.1) is 0 Å². The van der Waals surface area contributed by atoms with Gasteiger partial charge in [0.15, 0.2) is 5.57 Å². The third-order valence-electron chi connectivity index (χ3n) is 2.00. The van der Waals surface area contributed by atoms with Crippen LogP contribution in [0.25, 0.3) is 0 Å². The van der Waals surface area contributed by atoms with Gasteiger partial charge in [0.2, 0.25) is 0 Å². The van der Waals surface area contributed by atoms with Crippen LogP contribution < -0.4 is 5.32 Å². The normalized spacial score (nSPS) is 8.53. The molecule has 0 amide bonds. The monoisotopic (exact) mass is 365 g/mol. The second-order valence-electron chi connectivity index (χ2n) is 3.13. The van der Waals surface area contributed by atoms with E-state index in [0.717, 1.165) is 0 Å². The zero-order valence-corrected chi connectivity index (χ0v) is 11.4. The molecular formula is C11H4IN5O2. The summed E-state index contributed by atoms with van der Waals surface area (Å²) in [5, 5.41) is 39.5. The van der Waals surface area contributed by atoms with Crippen LogP contribution in [-0.2, 0) is 0 Å². The number of benzene rings is 1. The highest BCUT2D eigenvalue weighted by atomic mass is 127. The number of anilines is 1. The highest BCUT2D eigenvalue weighted by Crippen LogP contribution is 2.27. The lowest BCUT2D eigenvalue weighted by molar-refractivity contribution is -0.384. The summed E-state index contributed by atoms with van der Waals surface area (Å²) in [7, 11) is 0. The predicted octanol–water partition coefficient (Wildman–Crippen LogP) is 2.44. The summed E-state index contributed by atoms with van der Waals surface area (Å²) in [4.78, 5) is 10.3. The number of nitrogens with one attached hydrogen (secondary N) is 1. The zero-order chi connectivity index (χ0) is 14.4. The summed E-state index contributed by atoms with van der Waals surface area (Å²) in [6.07, 6.45) is 0. The van der Waals surface area contributed by atoms with Crippen LogP contribution in [0.5, 0.6) is 0 Å². The first-order chi connectivity index (χ1) is 9.03. The molecule has 8 heteroatoms. The maximum Gasteiger partial charge on any atom is 0.293 e. The third kappa shape index (κ3) is 3.41. The summed E-state index contributed by atoms with van der Waals surface area (Å²) in [6, 6.07) is 9.05. The van der Waals surface area contributed by atoms with E-state index in [2.05, 4.69) is 5.32 Å². The minimum atomic E-state index is -0.613. The van der Waals surface area contributed by atoms with Crippen molar-refractivity contribution in [1.82, 2.24) is 0 Å². The van der Waals surface area contributed by atoms with Crippen LogP contribution in [0.2, 0.25) is 0 Å². The van der Waals surface area contributed by atoms with E-state index < -0.39 is 10.5 Å².